The summed E-state index contributed by atoms with van der Waals surface area (Å²) in [7, 11) is 1.99. The topological polar surface area (TPSA) is 39.1 Å². The van der Waals surface area contributed by atoms with Crippen LogP contribution in [0.1, 0.15) is 45.6 Å². The van der Waals surface area contributed by atoms with Gasteiger partial charge in [0.15, 0.2) is 5.75 Å². The number of hydrogen-bond acceptors (Lipinski definition) is 3. The van der Waals surface area contributed by atoms with Crippen LogP contribution in [0.3, 0.4) is 0 Å². The molecule has 0 amide bonds. The molecule has 0 atom stereocenters. The first-order valence-electron chi connectivity index (χ1n) is 6.53. The van der Waals surface area contributed by atoms with Crippen molar-refractivity contribution in [2.75, 3.05) is 13.6 Å². The molecule has 1 heterocycles. The average molecular weight is 237 g/mol. The van der Waals surface area contributed by atoms with Crippen molar-refractivity contribution in [1.29, 1.82) is 0 Å². The maximum Gasteiger partial charge on any atom is 0.158 e. The Balaban J connectivity index is 1.97. The van der Waals surface area contributed by atoms with E-state index < -0.39 is 0 Å². The van der Waals surface area contributed by atoms with E-state index in [4.69, 9.17) is 4.74 Å². The van der Waals surface area contributed by atoms with E-state index in [9.17, 15) is 0 Å². The predicted molar refractivity (Wildman–Crippen MR) is 68.4 cm³/mol. The normalized spacial score (nSPS) is 18.1. The summed E-state index contributed by atoms with van der Waals surface area (Å²) < 4.78 is 8.09. The van der Waals surface area contributed by atoms with Crippen LogP contribution in [0, 0.1) is 0 Å². The Kier molecular flexibility index (Phi) is 3.72. The SMILES string of the molecule is CNCCC1(Oc2cnn(C(C)C)c2)CCC1. The van der Waals surface area contributed by atoms with Crippen molar-refractivity contribution < 1.29 is 4.74 Å². The zero-order valence-corrected chi connectivity index (χ0v) is 11.1. The number of nitrogens with zero attached hydrogens (tertiary/aromatic N) is 2. The Morgan fingerprint density at radius 1 is 1.53 bits per heavy atom. The van der Waals surface area contributed by atoms with Crippen LogP contribution in [0.5, 0.6) is 5.75 Å². The molecule has 1 aliphatic carbocycles. The highest BCUT2D eigenvalue weighted by Gasteiger charge is 2.38. The van der Waals surface area contributed by atoms with Crippen molar-refractivity contribution in [1.82, 2.24) is 15.1 Å². The molecule has 1 aliphatic rings. The molecule has 17 heavy (non-hydrogen) atoms. The van der Waals surface area contributed by atoms with E-state index in [0.717, 1.165) is 18.7 Å². The van der Waals surface area contributed by atoms with Crippen molar-refractivity contribution in [3.05, 3.63) is 12.4 Å². The van der Waals surface area contributed by atoms with Gasteiger partial charge in [0, 0.05) is 6.04 Å². The molecule has 0 bridgehead atoms. The monoisotopic (exact) mass is 237 g/mol. The van der Waals surface area contributed by atoms with Gasteiger partial charge in [-0.3, -0.25) is 4.68 Å². The predicted octanol–water partition coefficient (Wildman–Crippen LogP) is 2.38. The molecule has 0 aliphatic heterocycles. The second kappa shape index (κ2) is 5.08. The van der Waals surface area contributed by atoms with Crippen molar-refractivity contribution in [2.45, 2.75) is 51.2 Å². The molecule has 0 unspecified atom stereocenters. The van der Waals surface area contributed by atoms with Crippen LogP contribution in [-0.2, 0) is 0 Å². The molecular weight excluding hydrogens is 214 g/mol. The number of hydrogen-bond donors (Lipinski definition) is 1. The minimum absolute atomic E-state index is 0.0633. The molecule has 0 saturated heterocycles. The van der Waals surface area contributed by atoms with E-state index in [-0.39, 0.29) is 5.60 Å². The highest BCUT2D eigenvalue weighted by Crippen LogP contribution is 2.39. The first kappa shape index (κ1) is 12.4. The van der Waals surface area contributed by atoms with Gasteiger partial charge >= 0.3 is 0 Å². The maximum absolute atomic E-state index is 6.15. The van der Waals surface area contributed by atoms with E-state index >= 15 is 0 Å². The Hall–Kier alpha value is -1.03. The van der Waals surface area contributed by atoms with Crippen molar-refractivity contribution in [3.63, 3.8) is 0 Å². The van der Waals surface area contributed by atoms with E-state index in [1.165, 1.54) is 19.3 Å². The van der Waals surface area contributed by atoms with Crippen LogP contribution in [0.15, 0.2) is 12.4 Å². The summed E-state index contributed by atoms with van der Waals surface area (Å²) in [6.45, 7) is 5.26. The Morgan fingerprint density at radius 2 is 2.29 bits per heavy atom. The van der Waals surface area contributed by atoms with E-state index in [1.54, 1.807) is 0 Å². The van der Waals surface area contributed by atoms with Gasteiger partial charge in [-0.25, -0.2) is 0 Å². The zero-order valence-electron chi connectivity index (χ0n) is 11.1. The Bertz CT molecular complexity index is 355. The summed E-state index contributed by atoms with van der Waals surface area (Å²) in [4.78, 5) is 0. The van der Waals surface area contributed by atoms with Gasteiger partial charge in [-0.15, -0.1) is 0 Å². The fourth-order valence-electron chi connectivity index (χ4n) is 2.23. The second-order valence-corrected chi connectivity index (χ2v) is 5.24. The lowest BCUT2D eigenvalue weighted by molar-refractivity contribution is -0.0139. The van der Waals surface area contributed by atoms with Gasteiger partial charge in [-0.2, -0.15) is 5.10 Å². The molecule has 4 heteroatoms. The number of nitrogens with one attached hydrogen (secondary N) is 1. The van der Waals surface area contributed by atoms with E-state index in [2.05, 4.69) is 24.3 Å². The highest BCUT2D eigenvalue weighted by molar-refractivity contribution is 5.15. The fourth-order valence-corrected chi connectivity index (χ4v) is 2.23. The Morgan fingerprint density at radius 3 is 2.76 bits per heavy atom. The molecule has 1 aromatic heterocycles. The fraction of sp³-hybridized carbons (Fsp3) is 0.769. The van der Waals surface area contributed by atoms with E-state index in [0.29, 0.717) is 6.04 Å². The second-order valence-electron chi connectivity index (χ2n) is 5.24. The summed E-state index contributed by atoms with van der Waals surface area (Å²) in [6.07, 6.45) is 8.53. The van der Waals surface area contributed by atoms with Crippen molar-refractivity contribution in [3.8, 4) is 5.75 Å². The molecule has 96 valence electrons. The third-order valence-electron chi connectivity index (χ3n) is 3.54. The molecule has 4 nitrogen and oxygen atoms in total. The molecule has 0 aromatic carbocycles. The van der Waals surface area contributed by atoms with Crippen molar-refractivity contribution in [2.24, 2.45) is 0 Å². The van der Waals surface area contributed by atoms with Gasteiger partial charge in [0.25, 0.3) is 0 Å². The lowest BCUT2D eigenvalue weighted by atomic mass is 9.77. The molecule has 1 fully saturated rings. The summed E-state index contributed by atoms with van der Waals surface area (Å²) in [5, 5.41) is 7.51. The molecule has 1 N–H and O–H groups in total. The summed E-state index contributed by atoms with van der Waals surface area (Å²) in [5.41, 5.74) is 0.0633. The minimum atomic E-state index is 0.0633. The average Bonchev–Trinajstić information content (AvgIpc) is 2.70. The van der Waals surface area contributed by atoms with Gasteiger partial charge < -0.3 is 10.1 Å². The van der Waals surface area contributed by atoms with Crippen LogP contribution in [0.4, 0.5) is 0 Å². The van der Waals surface area contributed by atoms with Gasteiger partial charge in [-0.05, 0) is 53.1 Å². The van der Waals surface area contributed by atoms with E-state index in [1.807, 2.05) is 24.1 Å². The smallest absolute Gasteiger partial charge is 0.158 e. The van der Waals surface area contributed by atoms with Crippen LogP contribution in [-0.4, -0.2) is 29.0 Å². The lowest BCUT2D eigenvalue weighted by Gasteiger charge is -2.41. The van der Waals surface area contributed by atoms with Gasteiger partial charge in [-0.1, -0.05) is 0 Å². The summed E-state index contributed by atoms with van der Waals surface area (Å²) in [6, 6.07) is 0.391. The first-order valence-corrected chi connectivity index (χ1v) is 6.53. The largest absolute Gasteiger partial charge is 0.484 e. The standard InChI is InChI=1S/C13H23N3O/c1-11(2)16-10-12(9-15-16)17-13(5-4-6-13)7-8-14-3/h9-11,14H,4-8H2,1-3H3. The quantitative estimate of drug-likeness (QED) is 0.825. The third kappa shape index (κ3) is 2.80. The summed E-state index contributed by atoms with van der Waals surface area (Å²) >= 11 is 0. The molecule has 1 saturated carbocycles. The number of ether oxygens (including phenoxy) is 1. The lowest BCUT2D eigenvalue weighted by Crippen LogP contribution is -2.45. The van der Waals surface area contributed by atoms with Gasteiger partial charge in [0.2, 0.25) is 0 Å². The van der Waals surface area contributed by atoms with Crippen LogP contribution < -0.4 is 10.1 Å². The third-order valence-corrected chi connectivity index (χ3v) is 3.54. The summed E-state index contributed by atoms with van der Waals surface area (Å²) in [5.74, 6) is 0.912. The molecule has 0 spiro atoms. The van der Waals surface area contributed by atoms with Crippen LogP contribution in [0.25, 0.3) is 0 Å². The molecule has 1 aromatic rings. The first-order chi connectivity index (χ1) is 8.15. The maximum atomic E-state index is 6.15. The molecule has 2 rings (SSSR count). The highest BCUT2D eigenvalue weighted by atomic mass is 16.5. The molecule has 0 radical (unpaired) electrons. The zero-order chi connectivity index (χ0) is 12.3. The van der Waals surface area contributed by atoms with Gasteiger partial charge in [0.1, 0.15) is 5.60 Å². The molecular formula is C13H23N3O. The van der Waals surface area contributed by atoms with Crippen molar-refractivity contribution >= 4 is 0 Å². The minimum Gasteiger partial charge on any atom is -0.484 e. The number of aromatic nitrogens is 2. The van der Waals surface area contributed by atoms with Gasteiger partial charge in [0.05, 0.1) is 12.4 Å². The Labute approximate surface area is 103 Å². The number of rotatable bonds is 6. The van der Waals surface area contributed by atoms with Crippen LogP contribution in [0.2, 0.25) is 0 Å². The van der Waals surface area contributed by atoms with Crippen LogP contribution >= 0.6 is 0 Å².